The molecule has 2 atom stereocenters. The van der Waals surface area contributed by atoms with Gasteiger partial charge in [0.05, 0.1) is 41.5 Å². The van der Waals surface area contributed by atoms with Crippen LogP contribution in [0.2, 0.25) is 0 Å². The van der Waals surface area contributed by atoms with E-state index in [-0.39, 0.29) is 17.7 Å². The van der Waals surface area contributed by atoms with Gasteiger partial charge in [-0.15, -0.1) is 0 Å². The first-order valence-electron chi connectivity index (χ1n) is 10.7. The quantitative estimate of drug-likeness (QED) is 0.677. The summed E-state index contributed by atoms with van der Waals surface area (Å²) in [5.41, 5.74) is 3.13. The highest BCUT2D eigenvalue weighted by Gasteiger charge is 2.25. The highest BCUT2D eigenvalue weighted by molar-refractivity contribution is 5.45. The molecule has 3 aromatic heterocycles. The lowest BCUT2D eigenvalue weighted by atomic mass is 10.1. The maximum atomic E-state index is 12.8. The van der Waals surface area contributed by atoms with Crippen LogP contribution < -0.4 is 10.5 Å². The summed E-state index contributed by atoms with van der Waals surface area (Å²) in [7, 11) is 0. The largest absolute Gasteiger partial charge is 0.391 e. The normalized spacial score (nSPS) is 22.1. The predicted octanol–water partition coefficient (Wildman–Crippen LogP) is 1.17. The van der Waals surface area contributed by atoms with Gasteiger partial charge in [-0.2, -0.15) is 10.4 Å². The van der Waals surface area contributed by atoms with Crippen LogP contribution in [0.15, 0.2) is 41.6 Å². The van der Waals surface area contributed by atoms with Crippen LogP contribution in [-0.2, 0) is 6.54 Å². The van der Waals surface area contributed by atoms with Crippen molar-refractivity contribution < 1.29 is 5.11 Å². The van der Waals surface area contributed by atoms with Crippen molar-refractivity contribution in [1.82, 2.24) is 24.1 Å². The van der Waals surface area contributed by atoms with Crippen LogP contribution >= 0.6 is 0 Å². The number of likely N-dealkylation sites (tertiary alicyclic amines) is 1. The van der Waals surface area contributed by atoms with Crippen LogP contribution in [0, 0.1) is 11.3 Å². The second-order valence-corrected chi connectivity index (χ2v) is 8.42. The van der Waals surface area contributed by atoms with Gasteiger partial charge in [-0.25, -0.2) is 9.67 Å². The molecular formula is C22H25N7O2. The first kappa shape index (κ1) is 19.7. The smallest absolute Gasteiger partial charge is 0.269 e. The number of imidazole rings is 1. The van der Waals surface area contributed by atoms with Crippen LogP contribution in [0.1, 0.15) is 36.6 Å². The third-order valence-corrected chi connectivity index (χ3v) is 6.26. The molecule has 9 nitrogen and oxygen atoms in total. The predicted molar refractivity (Wildman–Crippen MR) is 115 cm³/mol. The molecule has 1 N–H and O–H groups in total. The highest BCUT2D eigenvalue weighted by atomic mass is 16.3. The minimum absolute atomic E-state index is 0.0216. The molecule has 0 saturated carbocycles. The summed E-state index contributed by atoms with van der Waals surface area (Å²) in [4.78, 5) is 21.6. The van der Waals surface area contributed by atoms with Crippen LogP contribution in [0.25, 0.3) is 5.65 Å². The third kappa shape index (κ3) is 3.92. The molecular weight excluding hydrogens is 394 g/mol. The van der Waals surface area contributed by atoms with Gasteiger partial charge in [0.15, 0.2) is 0 Å². The van der Waals surface area contributed by atoms with Gasteiger partial charge in [-0.1, -0.05) is 0 Å². The number of nitriles is 1. The number of aliphatic hydroxyl groups is 1. The molecule has 5 rings (SSSR count). The number of hydrogen-bond acceptors (Lipinski definition) is 7. The molecule has 2 aliphatic rings. The van der Waals surface area contributed by atoms with Gasteiger partial charge in [0.2, 0.25) is 0 Å². The van der Waals surface area contributed by atoms with Gasteiger partial charge >= 0.3 is 0 Å². The van der Waals surface area contributed by atoms with Gasteiger partial charge in [0.1, 0.15) is 11.7 Å². The summed E-state index contributed by atoms with van der Waals surface area (Å²) >= 11 is 0. The van der Waals surface area contributed by atoms with Gasteiger partial charge < -0.3 is 14.4 Å². The summed E-state index contributed by atoms with van der Waals surface area (Å²) in [6.45, 7) is 3.68. The van der Waals surface area contributed by atoms with Crippen molar-refractivity contribution in [2.75, 3.05) is 31.1 Å². The molecule has 0 spiro atoms. The highest BCUT2D eigenvalue weighted by Crippen LogP contribution is 2.23. The number of hydrogen-bond donors (Lipinski definition) is 1. The molecule has 3 aromatic rings. The summed E-state index contributed by atoms with van der Waals surface area (Å²) in [6, 6.07) is 7.46. The van der Waals surface area contributed by atoms with E-state index >= 15 is 0 Å². The SMILES string of the molecule is N#Cc1ccc2ncc(CN3CCC[C@H](n4ncc(N5CC[C@H](O)C5)cc4=O)C3)n2c1. The van der Waals surface area contributed by atoms with Crippen molar-refractivity contribution in [3.63, 3.8) is 0 Å². The Bertz CT molecular complexity index is 1190. The lowest BCUT2D eigenvalue weighted by Crippen LogP contribution is -2.40. The molecule has 2 aliphatic heterocycles. The number of rotatable bonds is 4. The van der Waals surface area contributed by atoms with E-state index in [0.717, 1.165) is 55.9 Å². The molecule has 0 unspecified atom stereocenters. The molecule has 0 aliphatic carbocycles. The van der Waals surface area contributed by atoms with E-state index in [0.29, 0.717) is 18.7 Å². The van der Waals surface area contributed by atoms with E-state index in [1.807, 2.05) is 27.8 Å². The Hall–Kier alpha value is -3.22. The van der Waals surface area contributed by atoms with Crippen LogP contribution in [0.4, 0.5) is 5.69 Å². The molecule has 9 heteroatoms. The van der Waals surface area contributed by atoms with Crippen molar-refractivity contribution >= 4 is 11.3 Å². The minimum Gasteiger partial charge on any atom is -0.391 e. The molecule has 31 heavy (non-hydrogen) atoms. The molecule has 2 saturated heterocycles. The standard InChI is InChI=1S/C22H25N7O2/c23-9-16-3-4-21-24-10-19(28(21)12-16)14-26-6-1-2-17(13-26)29-22(31)8-18(11-25-29)27-7-5-20(30)15-27/h3-4,8,10-12,17,20,30H,1-2,5-7,13-15H2/t17-,20-/m0/s1. The maximum absolute atomic E-state index is 12.8. The molecule has 0 bridgehead atoms. The van der Waals surface area contributed by atoms with Crippen molar-refractivity contribution in [2.45, 2.75) is 38.0 Å². The van der Waals surface area contributed by atoms with Gasteiger partial charge in [-0.3, -0.25) is 9.69 Å². The number of fused-ring (bicyclic) bond motifs is 1. The second-order valence-electron chi connectivity index (χ2n) is 8.42. The van der Waals surface area contributed by atoms with E-state index in [9.17, 15) is 15.2 Å². The van der Waals surface area contributed by atoms with Crippen molar-refractivity contribution in [1.29, 1.82) is 5.26 Å². The molecule has 160 valence electrons. The van der Waals surface area contributed by atoms with Gasteiger partial charge in [0, 0.05) is 38.4 Å². The number of aliphatic hydroxyl groups excluding tert-OH is 1. The third-order valence-electron chi connectivity index (χ3n) is 6.26. The van der Waals surface area contributed by atoms with E-state index in [4.69, 9.17) is 0 Å². The summed E-state index contributed by atoms with van der Waals surface area (Å²) in [6.07, 6.45) is 7.70. The minimum atomic E-state index is -0.335. The zero-order chi connectivity index (χ0) is 21.4. The maximum Gasteiger partial charge on any atom is 0.269 e. The van der Waals surface area contributed by atoms with Crippen LogP contribution in [0.3, 0.4) is 0 Å². The zero-order valence-corrected chi connectivity index (χ0v) is 17.3. The Morgan fingerprint density at radius 1 is 1.19 bits per heavy atom. The van der Waals surface area contributed by atoms with E-state index in [2.05, 4.69) is 21.1 Å². The fraction of sp³-hybridized carbons (Fsp3) is 0.455. The fourth-order valence-electron chi connectivity index (χ4n) is 4.65. The second kappa shape index (κ2) is 8.13. The first-order chi connectivity index (χ1) is 15.1. The van der Waals surface area contributed by atoms with E-state index in [1.54, 1.807) is 23.0 Å². The molecule has 2 fully saturated rings. The van der Waals surface area contributed by atoms with Gasteiger partial charge in [-0.05, 0) is 37.9 Å². The number of anilines is 1. The topological polar surface area (TPSA) is 103 Å². The number of aromatic nitrogens is 4. The van der Waals surface area contributed by atoms with Crippen molar-refractivity contribution in [3.05, 3.63) is 58.4 Å². The van der Waals surface area contributed by atoms with Crippen LogP contribution in [0.5, 0.6) is 0 Å². The Balaban J connectivity index is 1.32. The summed E-state index contributed by atoms with van der Waals surface area (Å²) in [5.74, 6) is 0. The lowest BCUT2D eigenvalue weighted by Gasteiger charge is -2.33. The lowest BCUT2D eigenvalue weighted by molar-refractivity contribution is 0.158. The molecule has 5 heterocycles. The molecule has 0 aromatic carbocycles. The van der Waals surface area contributed by atoms with Crippen molar-refractivity contribution in [3.8, 4) is 6.07 Å². The Labute approximate surface area is 179 Å². The Morgan fingerprint density at radius 3 is 2.87 bits per heavy atom. The summed E-state index contributed by atoms with van der Waals surface area (Å²) < 4.78 is 3.57. The Morgan fingerprint density at radius 2 is 2.10 bits per heavy atom. The average molecular weight is 419 g/mol. The van der Waals surface area contributed by atoms with Crippen molar-refractivity contribution in [2.24, 2.45) is 0 Å². The first-order valence-corrected chi connectivity index (χ1v) is 10.7. The van der Waals surface area contributed by atoms with E-state index < -0.39 is 0 Å². The molecule has 0 amide bonds. The monoisotopic (exact) mass is 419 g/mol. The number of nitrogens with zero attached hydrogens (tertiary/aromatic N) is 7. The number of piperidine rings is 1. The number of pyridine rings is 1. The zero-order valence-electron chi connectivity index (χ0n) is 17.3. The van der Waals surface area contributed by atoms with Gasteiger partial charge in [0.25, 0.3) is 5.56 Å². The number of β-amino-alcohol motifs (C(OH)–C–C–N with tert-alkyl or cyclic N) is 1. The Kier molecular flexibility index (Phi) is 5.18. The summed E-state index contributed by atoms with van der Waals surface area (Å²) in [5, 5.41) is 23.4. The van der Waals surface area contributed by atoms with E-state index in [1.165, 1.54) is 0 Å². The molecule has 0 radical (unpaired) electrons. The average Bonchev–Trinajstić information content (AvgIpc) is 3.40. The fourth-order valence-corrected chi connectivity index (χ4v) is 4.65. The van der Waals surface area contributed by atoms with Crippen LogP contribution in [-0.4, -0.2) is 61.5 Å².